The molecular weight excluding hydrogens is 178 g/mol. The number of rotatable bonds is 0. The highest BCUT2D eigenvalue weighted by molar-refractivity contribution is 7.12. The van der Waals surface area contributed by atoms with Crippen LogP contribution in [0, 0.1) is 25.2 Å². The maximum atomic E-state index is 9.03. The Balaban J connectivity index is 3.41. The monoisotopic (exact) mass is 193 g/mol. The van der Waals surface area contributed by atoms with Crippen molar-refractivity contribution in [2.75, 3.05) is 0 Å². The minimum absolute atomic E-state index is 0.0920. The summed E-state index contributed by atoms with van der Waals surface area (Å²) in [4.78, 5) is 2.48. The fourth-order valence-electron chi connectivity index (χ4n) is 1.29. The molecule has 0 amide bonds. The Morgan fingerprint density at radius 3 is 2.08 bits per heavy atom. The van der Waals surface area contributed by atoms with Crippen LogP contribution in [0.1, 0.15) is 41.7 Å². The van der Waals surface area contributed by atoms with Crippen LogP contribution in [0.3, 0.4) is 0 Å². The molecule has 70 valence electrons. The third kappa shape index (κ3) is 1.76. The molecule has 13 heavy (non-hydrogen) atoms. The summed E-state index contributed by atoms with van der Waals surface area (Å²) in [5.74, 6) is 0. The maximum absolute atomic E-state index is 9.03. The Morgan fingerprint density at radius 1 is 1.23 bits per heavy atom. The number of hydrogen-bond donors (Lipinski definition) is 0. The van der Waals surface area contributed by atoms with Gasteiger partial charge in [-0.1, -0.05) is 20.8 Å². The van der Waals surface area contributed by atoms with Crippen molar-refractivity contribution in [3.8, 4) is 6.07 Å². The van der Waals surface area contributed by atoms with Gasteiger partial charge in [-0.2, -0.15) is 5.26 Å². The molecular formula is C11H15NS. The fourth-order valence-corrected chi connectivity index (χ4v) is 2.46. The molecule has 0 aliphatic heterocycles. The van der Waals surface area contributed by atoms with Crippen molar-refractivity contribution in [3.05, 3.63) is 20.9 Å². The highest BCUT2D eigenvalue weighted by Crippen LogP contribution is 2.35. The normalized spacial score (nSPS) is 11.4. The molecule has 0 spiro atoms. The van der Waals surface area contributed by atoms with Crippen LogP contribution < -0.4 is 0 Å². The summed E-state index contributed by atoms with van der Waals surface area (Å²) in [5, 5.41) is 9.03. The molecule has 0 bridgehead atoms. The molecule has 1 aromatic rings. The lowest BCUT2D eigenvalue weighted by Crippen LogP contribution is -2.10. The molecule has 0 atom stereocenters. The summed E-state index contributed by atoms with van der Waals surface area (Å²) in [6.45, 7) is 10.6. The lowest BCUT2D eigenvalue weighted by atomic mass is 9.91. The quantitative estimate of drug-likeness (QED) is 0.618. The van der Waals surface area contributed by atoms with Crippen LogP contribution in [0.4, 0.5) is 0 Å². The molecule has 0 radical (unpaired) electrons. The van der Waals surface area contributed by atoms with E-state index in [1.807, 2.05) is 6.92 Å². The van der Waals surface area contributed by atoms with Crippen molar-refractivity contribution in [3.63, 3.8) is 0 Å². The van der Waals surface area contributed by atoms with Crippen molar-refractivity contribution in [1.29, 1.82) is 5.26 Å². The smallest absolute Gasteiger partial charge is 0.101 e. The van der Waals surface area contributed by atoms with Crippen molar-refractivity contribution in [2.24, 2.45) is 0 Å². The second-order valence-corrected chi connectivity index (χ2v) is 5.57. The van der Waals surface area contributed by atoms with E-state index in [1.54, 1.807) is 11.3 Å². The second kappa shape index (κ2) is 3.16. The van der Waals surface area contributed by atoms with E-state index in [2.05, 4.69) is 33.8 Å². The topological polar surface area (TPSA) is 23.8 Å². The average molecular weight is 193 g/mol. The largest absolute Gasteiger partial charge is 0.192 e. The molecule has 1 nitrogen and oxygen atoms in total. The molecule has 0 saturated heterocycles. The molecule has 0 aromatic carbocycles. The second-order valence-electron chi connectivity index (χ2n) is 4.35. The first-order valence-electron chi connectivity index (χ1n) is 4.38. The Kier molecular flexibility index (Phi) is 2.49. The van der Waals surface area contributed by atoms with Crippen LogP contribution in [-0.2, 0) is 5.41 Å². The van der Waals surface area contributed by atoms with Gasteiger partial charge < -0.3 is 0 Å². The SMILES string of the molecule is Cc1sc(C(C)(C)C)c(C#N)c1C. The zero-order valence-corrected chi connectivity index (χ0v) is 9.67. The van der Waals surface area contributed by atoms with E-state index in [1.165, 1.54) is 9.75 Å². The van der Waals surface area contributed by atoms with E-state index in [-0.39, 0.29) is 5.41 Å². The predicted molar refractivity (Wildman–Crippen MR) is 57.2 cm³/mol. The van der Waals surface area contributed by atoms with E-state index >= 15 is 0 Å². The first-order valence-corrected chi connectivity index (χ1v) is 5.20. The average Bonchev–Trinajstić information content (AvgIpc) is 2.28. The van der Waals surface area contributed by atoms with Crippen LogP contribution in [-0.4, -0.2) is 0 Å². The summed E-state index contributed by atoms with van der Waals surface area (Å²) in [5.41, 5.74) is 2.13. The highest BCUT2D eigenvalue weighted by Gasteiger charge is 2.22. The van der Waals surface area contributed by atoms with Crippen LogP contribution in [0.5, 0.6) is 0 Å². The van der Waals surface area contributed by atoms with Crippen LogP contribution in [0.2, 0.25) is 0 Å². The van der Waals surface area contributed by atoms with Gasteiger partial charge >= 0.3 is 0 Å². The van der Waals surface area contributed by atoms with Gasteiger partial charge in [0.2, 0.25) is 0 Å². The zero-order chi connectivity index (χ0) is 10.2. The van der Waals surface area contributed by atoms with Crippen LogP contribution in [0.25, 0.3) is 0 Å². The molecule has 2 heteroatoms. The van der Waals surface area contributed by atoms with E-state index in [4.69, 9.17) is 5.26 Å². The Hall–Kier alpha value is -0.810. The van der Waals surface area contributed by atoms with Gasteiger partial charge in [0.25, 0.3) is 0 Å². The number of thiophene rings is 1. The molecule has 0 aliphatic rings. The van der Waals surface area contributed by atoms with Gasteiger partial charge in [0.15, 0.2) is 0 Å². The number of nitriles is 1. The third-order valence-electron chi connectivity index (χ3n) is 2.18. The standard InChI is InChI=1S/C11H15NS/c1-7-8(2)13-10(9(7)6-12)11(3,4)5/h1-5H3. The summed E-state index contributed by atoms with van der Waals surface area (Å²) < 4.78 is 0. The van der Waals surface area contributed by atoms with Gasteiger partial charge in [-0.05, 0) is 24.8 Å². The van der Waals surface area contributed by atoms with Gasteiger partial charge in [0.05, 0.1) is 5.56 Å². The molecule has 0 aliphatic carbocycles. The van der Waals surface area contributed by atoms with Crippen molar-refractivity contribution >= 4 is 11.3 Å². The highest BCUT2D eigenvalue weighted by atomic mass is 32.1. The Morgan fingerprint density at radius 2 is 1.77 bits per heavy atom. The Labute approximate surface area is 84.0 Å². The number of hydrogen-bond acceptors (Lipinski definition) is 2. The van der Waals surface area contributed by atoms with Crippen LogP contribution in [0.15, 0.2) is 0 Å². The van der Waals surface area contributed by atoms with Gasteiger partial charge in [0.1, 0.15) is 6.07 Å². The number of aryl methyl sites for hydroxylation is 1. The molecule has 0 N–H and O–H groups in total. The minimum atomic E-state index is 0.0920. The first kappa shape index (κ1) is 10.3. The lowest BCUT2D eigenvalue weighted by molar-refractivity contribution is 0.602. The summed E-state index contributed by atoms with van der Waals surface area (Å²) in [6.07, 6.45) is 0. The van der Waals surface area contributed by atoms with Gasteiger partial charge in [-0.15, -0.1) is 11.3 Å². The maximum Gasteiger partial charge on any atom is 0.101 e. The Bertz CT molecular complexity index is 361. The summed E-state index contributed by atoms with van der Waals surface area (Å²) >= 11 is 1.75. The first-order chi connectivity index (χ1) is 5.88. The molecule has 1 heterocycles. The summed E-state index contributed by atoms with van der Waals surface area (Å²) in [7, 11) is 0. The van der Waals surface area contributed by atoms with Crippen LogP contribution >= 0.6 is 11.3 Å². The predicted octanol–water partition coefficient (Wildman–Crippen LogP) is 3.53. The molecule has 1 rings (SSSR count). The molecule has 0 fully saturated rings. The lowest BCUT2D eigenvalue weighted by Gasteiger charge is -2.16. The number of nitrogens with zero attached hydrogens (tertiary/aromatic N) is 1. The van der Waals surface area contributed by atoms with Crippen molar-refractivity contribution in [1.82, 2.24) is 0 Å². The van der Waals surface area contributed by atoms with E-state index in [0.717, 1.165) is 11.1 Å². The van der Waals surface area contributed by atoms with Gasteiger partial charge in [0, 0.05) is 9.75 Å². The third-order valence-corrected chi connectivity index (χ3v) is 3.81. The van der Waals surface area contributed by atoms with Gasteiger partial charge in [-0.25, -0.2) is 0 Å². The zero-order valence-electron chi connectivity index (χ0n) is 8.86. The van der Waals surface area contributed by atoms with Crippen molar-refractivity contribution < 1.29 is 0 Å². The van der Waals surface area contributed by atoms with Gasteiger partial charge in [-0.3, -0.25) is 0 Å². The molecule has 1 aromatic heterocycles. The van der Waals surface area contributed by atoms with E-state index in [0.29, 0.717) is 0 Å². The minimum Gasteiger partial charge on any atom is -0.192 e. The summed E-state index contributed by atoms with van der Waals surface area (Å²) in [6, 6.07) is 2.30. The van der Waals surface area contributed by atoms with E-state index in [9.17, 15) is 0 Å². The molecule has 0 saturated carbocycles. The van der Waals surface area contributed by atoms with E-state index < -0.39 is 0 Å². The molecule has 0 unspecified atom stereocenters. The fraction of sp³-hybridized carbons (Fsp3) is 0.545. The van der Waals surface area contributed by atoms with Crippen molar-refractivity contribution in [2.45, 2.75) is 40.0 Å².